The summed E-state index contributed by atoms with van der Waals surface area (Å²) in [4.78, 5) is 8.56. The number of nitrogens with one attached hydrogen (secondary N) is 1. The number of piperazine rings is 1. The largest absolute Gasteiger partial charge is 0.506 e. The van der Waals surface area contributed by atoms with Gasteiger partial charge in [0.1, 0.15) is 17.4 Å². The number of hydrogen-bond acceptors (Lipinski definition) is 3. The van der Waals surface area contributed by atoms with Crippen molar-refractivity contribution < 1.29 is 13.9 Å². The number of anilines is 1. The van der Waals surface area contributed by atoms with Crippen LogP contribution in [0.15, 0.2) is 47.5 Å². The molecule has 5 nitrogen and oxygen atoms in total. The molecule has 0 atom stereocenters. The normalized spacial score (nSPS) is 15.1. The molecular weight excluding hydrogens is 350 g/mol. The van der Waals surface area contributed by atoms with Crippen LogP contribution in [0, 0.1) is 11.6 Å². The lowest BCUT2D eigenvalue weighted by Gasteiger charge is -2.37. The molecular formula is C20H24F2N4O. The highest BCUT2D eigenvalue weighted by Gasteiger charge is 2.21. The molecule has 1 aliphatic heterocycles. The molecule has 0 spiro atoms. The monoisotopic (exact) mass is 374 g/mol. The fourth-order valence-corrected chi connectivity index (χ4v) is 3.27. The predicted molar refractivity (Wildman–Crippen MR) is 103 cm³/mol. The average Bonchev–Trinajstić information content (AvgIpc) is 2.68. The molecule has 0 bridgehead atoms. The Morgan fingerprint density at radius 2 is 1.85 bits per heavy atom. The van der Waals surface area contributed by atoms with Gasteiger partial charge in [0.25, 0.3) is 0 Å². The topological polar surface area (TPSA) is 51.1 Å². The summed E-state index contributed by atoms with van der Waals surface area (Å²) in [6.45, 7) is 3.49. The van der Waals surface area contributed by atoms with Crippen LogP contribution in [0.1, 0.15) is 5.56 Å². The van der Waals surface area contributed by atoms with Crippen molar-refractivity contribution in [1.29, 1.82) is 0 Å². The number of nitrogens with zero attached hydrogens (tertiary/aromatic N) is 3. The van der Waals surface area contributed by atoms with E-state index in [-0.39, 0.29) is 5.75 Å². The van der Waals surface area contributed by atoms with Crippen molar-refractivity contribution in [3.05, 3.63) is 59.7 Å². The number of rotatable bonds is 4. The maximum Gasteiger partial charge on any atom is 0.193 e. The first-order valence-electron chi connectivity index (χ1n) is 9.01. The number of benzene rings is 2. The van der Waals surface area contributed by atoms with E-state index in [1.54, 1.807) is 13.1 Å². The third kappa shape index (κ3) is 4.67. The molecule has 0 unspecified atom stereocenters. The van der Waals surface area contributed by atoms with Gasteiger partial charge in [-0.15, -0.1) is 0 Å². The summed E-state index contributed by atoms with van der Waals surface area (Å²) in [5, 5.41) is 13.2. The zero-order valence-electron chi connectivity index (χ0n) is 15.3. The number of phenols is 1. The van der Waals surface area contributed by atoms with Crippen LogP contribution in [-0.4, -0.2) is 55.7 Å². The second-order valence-corrected chi connectivity index (χ2v) is 6.42. The number of hydrogen-bond donors (Lipinski definition) is 2. The lowest BCUT2D eigenvalue weighted by molar-refractivity contribution is 0.370. The van der Waals surface area contributed by atoms with Crippen molar-refractivity contribution in [2.75, 3.05) is 44.7 Å². The fraction of sp³-hybridized carbons (Fsp3) is 0.350. The summed E-state index contributed by atoms with van der Waals surface area (Å²) < 4.78 is 27.0. The molecule has 1 saturated heterocycles. The van der Waals surface area contributed by atoms with Crippen molar-refractivity contribution in [3.8, 4) is 5.75 Å². The maximum absolute atomic E-state index is 13.7. The Morgan fingerprint density at radius 3 is 2.56 bits per heavy atom. The van der Waals surface area contributed by atoms with E-state index in [1.165, 1.54) is 6.07 Å². The molecule has 1 heterocycles. The first kappa shape index (κ1) is 18.9. The first-order valence-corrected chi connectivity index (χ1v) is 9.01. The third-order valence-corrected chi connectivity index (χ3v) is 4.70. The molecule has 0 amide bonds. The first-order chi connectivity index (χ1) is 13.1. The number of halogens is 2. The molecule has 1 aliphatic rings. The molecule has 1 fully saturated rings. The Kier molecular flexibility index (Phi) is 6.11. The highest BCUT2D eigenvalue weighted by Crippen LogP contribution is 2.27. The highest BCUT2D eigenvalue weighted by atomic mass is 19.1. The Bertz CT molecular complexity index is 804. The minimum atomic E-state index is -0.434. The van der Waals surface area contributed by atoms with Crippen LogP contribution in [0.4, 0.5) is 14.5 Å². The van der Waals surface area contributed by atoms with Gasteiger partial charge in [0.05, 0.1) is 5.69 Å². The zero-order valence-corrected chi connectivity index (χ0v) is 15.3. The number of para-hydroxylation sites is 2. The van der Waals surface area contributed by atoms with Crippen molar-refractivity contribution in [2.45, 2.75) is 6.42 Å². The van der Waals surface area contributed by atoms with Gasteiger partial charge in [-0.25, -0.2) is 8.78 Å². The van der Waals surface area contributed by atoms with Gasteiger partial charge in [-0.05, 0) is 42.3 Å². The van der Waals surface area contributed by atoms with E-state index in [1.807, 2.05) is 18.2 Å². The van der Waals surface area contributed by atoms with E-state index < -0.39 is 11.6 Å². The van der Waals surface area contributed by atoms with E-state index in [4.69, 9.17) is 0 Å². The number of guanidine groups is 1. The molecule has 27 heavy (non-hydrogen) atoms. The molecule has 0 saturated carbocycles. The lowest BCUT2D eigenvalue weighted by Crippen LogP contribution is -2.52. The van der Waals surface area contributed by atoms with Gasteiger partial charge in [-0.3, -0.25) is 4.99 Å². The Hall–Kier alpha value is -2.83. The summed E-state index contributed by atoms with van der Waals surface area (Å²) in [6.07, 6.45) is 0.375. The zero-order chi connectivity index (χ0) is 19.2. The highest BCUT2D eigenvalue weighted by molar-refractivity contribution is 5.80. The lowest BCUT2D eigenvalue weighted by atomic mass is 10.1. The fourth-order valence-electron chi connectivity index (χ4n) is 3.27. The number of aromatic hydroxyl groups is 1. The van der Waals surface area contributed by atoms with Gasteiger partial charge in [0.2, 0.25) is 0 Å². The molecule has 0 aromatic heterocycles. The summed E-state index contributed by atoms with van der Waals surface area (Å²) >= 11 is 0. The number of phenolic OH excluding ortho intramolecular Hbond substituents is 1. The summed E-state index contributed by atoms with van der Waals surface area (Å²) in [6, 6.07) is 10.8. The van der Waals surface area contributed by atoms with Gasteiger partial charge in [0.15, 0.2) is 5.96 Å². The smallest absolute Gasteiger partial charge is 0.193 e. The molecule has 0 radical (unpaired) electrons. The van der Waals surface area contributed by atoms with E-state index in [2.05, 4.69) is 20.1 Å². The van der Waals surface area contributed by atoms with E-state index >= 15 is 0 Å². The second kappa shape index (κ2) is 8.70. The van der Waals surface area contributed by atoms with E-state index in [0.717, 1.165) is 50.0 Å². The van der Waals surface area contributed by atoms with Crippen LogP contribution >= 0.6 is 0 Å². The van der Waals surface area contributed by atoms with Gasteiger partial charge in [-0.1, -0.05) is 12.1 Å². The summed E-state index contributed by atoms with van der Waals surface area (Å²) in [5.41, 5.74) is 1.18. The summed E-state index contributed by atoms with van der Waals surface area (Å²) in [7, 11) is 1.71. The summed E-state index contributed by atoms with van der Waals surface area (Å²) in [5.74, 6) is 0.190. The molecule has 2 aromatic carbocycles. The molecule has 144 valence electrons. The van der Waals surface area contributed by atoms with Gasteiger partial charge in [0, 0.05) is 39.8 Å². The van der Waals surface area contributed by atoms with Crippen molar-refractivity contribution in [3.63, 3.8) is 0 Å². The standard InChI is InChI=1S/C20H24F2N4O/c1-23-20(24-9-8-15-14-16(21)6-7-17(15)22)26-12-10-25(11-13-26)18-4-2-3-5-19(18)27/h2-7,14,27H,8-13H2,1H3,(H,23,24). The number of aliphatic imine (C=N–C) groups is 1. The maximum atomic E-state index is 13.7. The molecule has 2 aromatic rings. The van der Waals surface area contributed by atoms with Crippen LogP contribution < -0.4 is 10.2 Å². The quantitative estimate of drug-likeness (QED) is 0.638. The molecule has 2 N–H and O–H groups in total. The Labute approximate surface area is 157 Å². The minimum Gasteiger partial charge on any atom is -0.506 e. The minimum absolute atomic E-state index is 0.283. The Balaban J connectivity index is 1.52. The SMILES string of the molecule is CN=C(NCCc1cc(F)ccc1F)N1CCN(c2ccccc2O)CC1. The molecule has 0 aliphatic carbocycles. The van der Waals surface area contributed by atoms with Crippen molar-refractivity contribution in [1.82, 2.24) is 10.2 Å². The van der Waals surface area contributed by atoms with Crippen molar-refractivity contribution >= 4 is 11.6 Å². The van der Waals surface area contributed by atoms with E-state index in [0.29, 0.717) is 18.5 Å². The third-order valence-electron chi connectivity index (χ3n) is 4.70. The van der Waals surface area contributed by atoms with Gasteiger partial charge >= 0.3 is 0 Å². The Morgan fingerprint density at radius 1 is 1.11 bits per heavy atom. The van der Waals surface area contributed by atoms with Gasteiger partial charge < -0.3 is 20.2 Å². The molecule has 3 rings (SSSR count). The van der Waals surface area contributed by atoms with Crippen LogP contribution in [0.5, 0.6) is 5.75 Å². The average molecular weight is 374 g/mol. The van der Waals surface area contributed by atoms with Crippen LogP contribution in [0.3, 0.4) is 0 Å². The van der Waals surface area contributed by atoms with Crippen LogP contribution in [0.25, 0.3) is 0 Å². The second-order valence-electron chi connectivity index (χ2n) is 6.42. The van der Waals surface area contributed by atoms with Crippen LogP contribution in [0.2, 0.25) is 0 Å². The van der Waals surface area contributed by atoms with Gasteiger partial charge in [-0.2, -0.15) is 0 Å². The molecule has 7 heteroatoms. The predicted octanol–water partition coefficient (Wildman–Crippen LogP) is 2.61. The van der Waals surface area contributed by atoms with E-state index in [9.17, 15) is 13.9 Å². The van der Waals surface area contributed by atoms with Crippen molar-refractivity contribution in [2.24, 2.45) is 4.99 Å². The van der Waals surface area contributed by atoms with Crippen LogP contribution in [-0.2, 0) is 6.42 Å².